The van der Waals surface area contributed by atoms with Crippen LogP contribution in [0.5, 0.6) is 11.5 Å². The number of fused-ring (bicyclic) bond motifs is 2. The lowest BCUT2D eigenvalue weighted by Crippen LogP contribution is -2.00. The van der Waals surface area contributed by atoms with Crippen LogP contribution in [-0.4, -0.2) is 22.5 Å². The minimum absolute atomic E-state index is 0.306. The zero-order valence-electron chi connectivity index (χ0n) is 13.4. The van der Waals surface area contributed by atoms with Crippen molar-refractivity contribution in [2.75, 3.05) is 12.2 Å². The predicted molar refractivity (Wildman–Crippen MR) is 93.7 cm³/mol. The number of H-pyrrole nitrogens is 1. The van der Waals surface area contributed by atoms with Gasteiger partial charge in [-0.2, -0.15) is 5.10 Å². The molecule has 2 heterocycles. The van der Waals surface area contributed by atoms with Gasteiger partial charge in [-0.1, -0.05) is 18.2 Å². The number of nitrogens with one attached hydrogen (secondary N) is 2. The van der Waals surface area contributed by atoms with E-state index in [4.69, 9.17) is 9.47 Å². The molecule has 0 radical (unpaired) electrons. The summed E-state index contributed by atoms with van der Waals surface area (Å²) in [4.78, 5) is 7.63. The number of rotatable bonds is 5. The molecule has 0 saturated carbocycles. The van der Waals surface area contributed by atoms with Gasteiger partial charge in [-0.15, -0.1) is 0 Å². The summed E-state index contributed by atoms with van der Waals surface area (Å²) in [6.45, 7) is 2.31. The highest BCUT2D eigenvalue weighted by Crippen LogP contribution is 2.32. The molecule has 0 saturated heterocycles. The molecule has 0 atom stereocenters. The molecule has 2 N–H and O–H groups in total. The maximum absolute atomic E-state index is 5.40. The van der Waals surface area contributed by atoms with Crippen molar-refractivity contribution in [2.24, 2.45) is 5.10 Å². The van der Waals surface area contributed by atoms with Crippen LogP contribution in [0.25, 0.3) is 11.0 Å². The third kappa shape index (κ3) is 3.03. The van der Waals surface area contributed by atoms with Crippen LogP contribution in [0, 0.1) is 0 Å². The van der Waals surface area contributed by atoms with Crippen molar-refractivity contribution in [1.29, 1.82) is 0 Å². The third-order valence-electron chi connectivity index (χ3n) is 3.95. The van der Waals surface area contributed by atoms with E-state index in [9.17, 15) is 0 Å². The van der Waals surface area contributed by atoms with Crippen LogP contribution in [0.15, 0.2) is 47.6 Å². The van der Waals surface area contributed by atoms with Crippen molar-refractivity contribution in [3.8, 4) is 11.5 Å². The number of hydrogen-bond acceptors (Lipinski definition) is 5. The molecule has 0 aliphatic carbocycles. The Kier molecular flexibility index (Phi) is 3.78. The molecular formula is C18H18N4O2. The molecule has 0 unspecified atom stereocenters. The molecule has 0 bridgehead atoms. The van der Waals surface area contributed by atoms with Gasteiger partial charge in [0.25, 0.3) is 0 Å². The Morgan fingerprint density at radius 3 is 3.00 bits per heavy atom. The fourth-order valence-corrected chi connectivity index (χ4v) is 2.63. The van der Waals surface area contributed by atoms with E-state index in [2.05, 4.69) is 26.6 Å². The summed E-state index contributed by atoms with van der Waals surface area (Å²) in [6, 6.07) is 13.9. The first-order valence-electron chi connectivity index (χ1n) is 7.90. The highest BCUT2D eigenvalue weighted by Gasteiger charge is 2.13. The van der Waals surface area contributed by atoms with E-state index < -0.39 is 0 Å². The monoisotopic (exact) mass is 322 g/mol. The van der Waals surface area contributed by atoms with Gasteiger partial charge in [-0.05, 0) is 49.6 Å². The van der Waals surface area contributed by atoms with Crippen molar-refractivity contribution in [3.05, 3.63) is 48.0 Å². The summed E-state index contributed by atoms with van der Waals surface area (Å²) in [6.07, 6.45) is 1.75. The van der Waals surface area contributed by atoms with E-state index in [1.807, 2.05) is 43.3 Å². The first-order chi connectivity index (χ1) is 11.8. The lowest BCUT2D eigenvalue weighted by Gasteiger charge is -2.03. The highest BCUT2D eigenvalue weighted by atomic mass is 16.7. The first kappa shape index (κ1) is 14.6. The van der Waals surface area contributed by atoms with Gasteiger partial charge in [0.1, 0.15) is 0 Å². The van der Waals surface area contributed by atoms with Crippen LogP contribution in [0.4, 0.5) is 5.95 Å². The summed E-state index contributed by atoms with van der Waals surface area (Å²) in [5.41, 5.74) is 7.12. The normalized spacial score (nSPS) is 13.5. The van der Waals surface area contributed by atoms with Gasteiger partial charge in [0, 0.05) is 5.71 Å². The molecule has 1 aliphatic rings. The van der Waals surface area contributed by atoms with Crippen LogP contribution in [0.1, 0.15) is 18.9 Å². The molecule has 1 aromatic heterocycles. The van der Waals surface area contributed by atoms with E-state index in [0.29, 0.717) is 12.7 Å². The van der Waals surface area contributed by atoms with Crippen LogP contribution >= 0.6 is 0 Å². The van der Waals surface area contributed by atoms with E-state index in [1.165, 1.54) is 5.56 Å². The maximum atomic E-state index is 5.40. The zero-order valence-corrected chi connectivity index (χ0v) is 13.4. The number of imidazole rings is 1. The average Bonchev–Trinajstić information content (AvgIpc) is 3.23. The molecule has 0 fully saturated rings. The summed E-state index contributed by atoms with van der Waals surface area (Å²) in [5.74, 6) is 2.29. The smallest absolute Gasteiger partial charge is 0.231 e. The number of nitrogens with zero attached hydrogens (tertiary/aromatic N) is 2. The van der Waals surface area contributed by atoms with E-state index in [0.717, 1.165) is 41.1 Å². The van der Waals surface area contributed by atoms with Crippen LogP contribution in [0.3, 0.4) is 0 Å². The second-order valence-electron chi connectivity index (χ2n) is 5.75. The van der Waals surface area contributed by atoms with Crippen LogP contribution in [-0.2, 0) is 6.42 Å². The fraction of sp³-hybridized carbons (Fsp3) is 0.222. The summed E-state index contributed by atoms with van der Waals surface area (Å²) in [7, 11) is 0. The quantitative estimate of drug-likeness (QED) is 0.555. The highest BCUT2D eigenvalue weighted by molar-refractivity contribution is 5.83. The number of hydrogen-bond donors (Lipinski definition) is 2. The van der Waals surface area contributed by atoms with Gasteiger partial charge in [-0.25, -0.2) is 10.4 Å². The number of anilines is 1. The molecule has 4 rings (SSSR count). The Morgan fingerprint density at radius 2 is 2.08 bits per heavy atom. The average molecular weight is 322 g/mol. The largest absolute Gasteiger partial charge is 0.454 e. The number of para-hydroxylation sites is 2. The Morgan fingerprint density at radius 1 is 1.21 bits per heavy atom. The summed E-state index contributed by atoms with van der Waals surface area (Å²) >= 11 is 0. The number of benzene rings is 2. The lowest BCUT2D eigenvalue weighted by molar-refractivity contribution is 0.174. The van der Waals surface area contributed by atoms with Crippen LogP contribution in [0.2, 0.25) is 0 Å². The van der Waals surface area contributed by atoms with Crippen molar-refractivity contribution >= 4 is 22.7 Å². The Labute approximate surface area is 139 Å². The molecule has 6 heteroatoms. The number of ether oxygens (including phenoxy) is 2. The standard InChI is InChI=1S/C18H18N4O2/c1-12(6-7-13-8-9-16-17(10-13)24-11-23-16)21-22-18-19-14-4-2-3-5-15(14)20-18/h2-5,8-10H,6-7,11H2,1H3,(H2,19,20,22). The number of hydrazone groups is 1. The minimum atomic E-state index is 0.306. The fourth-order valence-electron chi connectivity index (χ4n) is 2.63. The molecule has 6 nitrogen and oxygen atoms in total. The first-order valence-corrected chi connectivity index (χ1v) is 7.90. The second-order valence-corrected chi connectivity index (χ2v) is 5.75. The Bertz CT molecular complexity index is 868. The topological polar surface area (TPSA) is 71.5 Å². The second kappa shape index (κ2) is 6.23. The number of aromatic nitrogens is 2. The maximum Gasteiger partial charge on any atom is 0.231 e. The number of aromatic amines is 1. The van der Waals surface area contributed by atoms with Gasteiger partial charge >= 0.3 is 0 Å². The summed E-state index contributed by atoms with van der Waals surface area (Å²) < 4.78 is 10.7. The molecule has 1 aliphatic heterocycles. The Hall–Kier alpha value is -3.02. The molecule has 122 valence electrons. The van der Waals surface area contributed by atoms with Crippen molar-refractivity contribution < 1.29 is 9.47 Å². The van der Waals surface area contributed by atoms with Gasteiger partial charge < -0.3 is 14.5 Å². The van der Waals surface area contributed by atoms with Gasteiger partial charge in [0.2, 0.25) is 12.7 Å². The number of aryl methyl sites for hydroxylation is 1. The van der Waals surface area contributed by atoms with E-state index in [-0.39, 0.29) is 0 Å². The van der Waals surface area contributed by atoms with E-state index >= 15 is 0 Å². The van der Waals surface area contributed by atoms with Crippen molar-refractivity contribution in [3.63, 3.8) is 0 Å². The minimum Gasteiger partial charge on any atom is -0.454 e. The molecule has 0 spiro atoms. The molecule has 24 heavy (non-hydrogen) atoms. The van der Waals surface area contributed by atoms with Gasteiger partial charge in [0.05, 0.1) is 11.0 Å². The summed E-state index contributed by atoms with van der Waals surface area (Å²) in [5, 5.41) is 4.39. The molecular weight excluding hydrogens is 304 g/mol. The van der Waals surface area contributed by atoms with Gasteiger partial charge in [0.15, 0.2) is 11.5 Å². The molecule has 2 aromatic carbocycles. The van der Waals surface area contributed by atoms with Crippen LogP contribution < -0.4 is 14.9 Å². The SMILES string of the molecule is CC(CCc1ccc2c(c1)OCO2)=NNc1nc2ccccc2[nH]1. The third-order valence-corrected chi connectivity index (χ3v) is 3.95. The zero-order chi connectivity index (χ0) is 16.4. The molecule has 0 amide bonds. The lowest BCUT2D eigenvalue weighted by atomic mass is 10.1. The van der Waals surface area contributed by atoms with Crippen molar-refractivity contribution in [2.45, 2.75) is 19.8 Å². The Balaban J connectivity index is 1.37. The van der Waals surface area contributed by atoms with Gasteiger partial charge in [-0.3, -0.25) is 0 Å². The molecule has 3 aromatic rings. The predicted octanol–water partition coefficient (Wildman–Crippen LogP) is 3.71. The van der Waals surface area contributed by atoms with E-state index in [1.54, 1.807) is 0 Å². The van der Waals surface area contributed by atoms with Crippen molar-refractivity contribution in [1.82, 2.24) is 9.97 Å².